The van der Waals surface area contributed by atoms with Gasteiger partial charge in [-0.3, -0.25) is 4.79 Å². The van der Waals surface area contributed by atoms with Crippen molar-refractivity contribution >= 4 is 18.0 Å². The molecule has 0 heterocycles. The minimum atomic E-state index is -0.950. The number of carbonyl (C=O) groups excluding carboxylic acids is 1. The van der Waals surface area contributed by atoms with E-state index in [0.717, 1.165) is 35.1 Å². The monoisotopic (exact) mass is 487 g/mol. The van der Waals surface area contributed by atoms with Gasteiger partial charge in [0.25, 0.3) is 5.91 Å². The van der Waals surface area contributed by atoms with E-state index in [9.17, 15) is 14.7 Å². The lowest BCUT2D eigenvalue weighted by molar-refractivity contribution is -0.132. The molecule has 1 amide bonds. The van der Waals surface area contributed by atoms with Crippen LogP contribution in [0.3, 0.4) is 0 Å². The minimum Gasteiger partial charge on any atom is -0.497 e. The molecule has 3 rings (SSSR count). The number of methoxy groups -OCH3 is 1. The maximum Gasteiger partial charge on any atom is 0.331 e. The average Bonchev–Trinajstić information content (AvgIpc) is 2.88. The van der Waals surface area contributed by atoms with E-state index in [4.69, 9.17) is 9.47 Å². The third-order valence-electron chi connectivity index (χ3n) is 5.82. The second kappa shape index (κ2) is 12.6. The summed E-state index contributed by atoms with van der Waals surface area (Å²) < 4.78 is 11.3. The van der Waals surface area contributed by atoms with E-state index in [1.165, 1.54) is 0 Å². The molecule has 6 nitrogen and oxygen atoms in total. The molecular formula is C30H33NO5. The second-order valence-electron chi connectivity index (χ2n) is 8.68. The molecule has 1 N–H and O–H groups in total. The number of benzene rings is 3. The van der Waals surface area contributed by atoms with Crippen LogP contribution in [-0.4, -0.2) is 42.6 Å². The lowest BCUT2D eigenvalue weighted by Gasteiger charge is -2.19. The first-order valence-electron chi connectivity index (χ1n) is 12.0. The first-order chi connectivity index (χ1) is 17.3. The molecular weight excluding hydrogens is 454 g/mol. The number of hydrogen-bond acceptors (Lipinski definition) is 4. The minimum absolute atomic E-state index is 0.0726. The van der Waals surface area contributed by atoms with Crippen LogP contribution in [0.15, 0.2) is 72.3 Å². The van der Waals surface area contributed by atoms with Crippen molar-refractivity contribution in [1.29, 1.82) is 0 Å². The third kappa shape index (κ3) is 6.98. The van der Waals surface area contributed by atoms with Crippen LogP contribution < -0.4 is 9.47 Å². The normalized spacial score (nSPS) is 11.2. The van der Waals surface area contributed by atoms with Gasteiger partial charge < -0.3 is 19.5 Å². The summed E-state index contributed by atoms with van der Waals surface area (Å²) in [5, 5.41) is 9.22. The highest BCUT2D eigenvalue weighted by atomic mass is 16.5. The first-order valence-corrected chi connectivity index (χ1v) is 12.0. The molecule has 0 saturated heterocycles. The van der Waals surface area contributed by atoms with Crippen molar-refractivity contribution in [3.05, 3.63) is 89.0 Å². The molecule has 0 atom stereocenters. The summed E-state index contributed by atoms with van der Waals surface area (Å²) in [5.41, 5.74) is 4.50. The number of aliphatic carboxylic acids is 1. The fourth-order valence-electron chi connectivity index (χ4n) is 3.76. The molecule has 0 aromatic heterocycles. The van der Waals surface area contributed by atoms with Gasteiger partial charge in [-0.05, 0) is 72.5 Å². The quantitative estimate of drug-likeness (QED) is 0.254. The van der Waals surface area contributed by atoms with Gasteiger partial charge in [-0.2, -0.15) is 0 Å². The summed E-state index contributed by atoms with van der Waals surface area (Å²) in [5.74, 6) is 0.388. The Labute approximate surface area is 212 Å². The number of nitrogens with zero attached hydrogens (tertiary/aromatic N) is 1. The largest absolute Gasteiger partial charge is 0.497 e. The summed E-state index contributed by atoms with van der Waals surface area (Å²) in [4.78, 5) is 25.8. The van der Waals surface area contributed by atoms with Crippen molar-refractivity contribution in [2.45, 2.75) is 33.2 Å². The molecule has 3 aromatic carbocycles. The number of amides is 1. The molecule has 36 heavy (non-hydrogen) atoms. The van der Waals surface area contributed by atoms with Crippen molar-refractivity contribution in [1.82, 2.24) is 4.90 Å². The molecule has 6 heteroatoms. The molecule has 0 aliphatic heterocycles. The van der Waals surface area contributed by atoms with Gasteiger partial charge in [0.1, 0.15) is 11.5 Å². The zero-order chi connectivity index (χ0) is 26.1. The molecule has 0 radical (unpaired) electrons. The Hall–Kier alpha value is -4.06. The fourth-order valence-corrected chi connectivity index (χ4v) is 3.76. The molecule has 0 spiro atoms. The van der Waals surface area contributed by atoms with E-state index < -0.39 is 5.97 Å². The lowest BCUT2D eigenvalue weighted by atomic mass is 9.99. The first kappa shape index (κ1) is 26.5. The highest BCUT2D eigenvalue weighted by Crippen LogP contribution is 2.33. The third-order valence-corrected chi connectivity index (χ3v) is 5.82. The Balaban J connectivity index is 1.85. The van der Waals surface area contributed by atoms with Gasteiger partial charge in [0.05, 0.1) is 13.7 Å². The molecule has 0 unspecified atom stereocenters. The number of carbonyl (C=O) groups is 2. The van der Waals surface area contributed by atoms with E-state index in [-0.39, 0.29) is 11.5 Å². The van der Waals surface area contributed by atoms with Crippen LogP contribution in [0.2, 0.25) is 0 Å². The summed E-state index contributed by atoms with van der Waals surface area (Å²) in [6, 6.07) is 20.8. The van der Waals surface area contributed by atoms with Gasteiger partial charge in [-0.15, -0.1) is 0 Å². The average molecular weight is 488 g/mol. The van der Waals surface area contributed by atoms with Crippen molar-refractivity contribution in [2.24, 2.45) is 0 Å². The summed E-state index contributed by atoms with van der Waals surface area (Å²) >= 11 is 0. The Morgan fingerprint density at radius 2 is 1.78 bits per heavy atom. The highest BCUT2D eigenvalue weighted by Gasteiger charge is 2.14. The topological polar surface area (TPSA) is 76.1 Å². The zero-order valence-electron chi connectivity index (χ0n) is 21.3. The standard InChI is InChI=1S/C30H33NO5/c1-5-6-16-36-28-19-22(17-21(2)30(33)34)10-15-27(28)25-9-7-8-23(18-25)20-31(3)29(32)24-11-13-26(35-4)14-12-24/h7-15,17-19H,5-6,16,20H2,1-4H3,(H,33,34)/b21-17+. The van der Waals surface area contributed by atoms with Gasteiger partial charge in [0.2, 0.25) is 0 Å². The molecule has 0 aliphatic rings. The Morgan fingerprint density at radius 1 is 1.03 bits per heavy atom. The van der Waals surface area contributed by atoms with E-state index in [1.54, 1.807) is 56.3 Å². The molecule has 188 valence electrons. The molecule has 0 bridgehead atoms. The molecule has 0 saturated carbocycles. The van der Waals surface area contributed by atoms with Gasteiger partial charge in [-0.1, -0.05) is 43.7 Å². The Morgan fingerprint density at radius 3 is 2.44 bits per heavy atom. The van der Waals surface area contributed by atoms with Crippen LogP contribution in [0.5, 0.6) is 11.5 Å². The fraction of sp³-hybridized carbons (Fsp3) is 0.267. The van der Waals surface area contributed by atoms with Gasteiger partial charge in [0, 0.05) is 30.3 Å². The van der Waals surface area contributed by atoms with Crippen molar-refractivity contribution in [3.8, 4) is 22.6 Å². The predicted molar refractivity (Wildman–Crippen MR) is 142 cm³/mol. The smallest absolute Gasteiger partial charge is 0.331 e. The summed E-state index contributed by atoms with van der Waals surface area (Å²) in [6.45, 7) is 4.70. The Bertz CT molecular complexity index is 1230. The number of hydrogen-bond donors (Lipinski definition) is 1. The van der Waals surface area contributed by atoms with Crippen LogP contribution in [0, 0.1) is 0 Å². The van der Waals surface area contributed by atoms with E-state index in [2.05, 4.69) is 13.0 Å². The van der Waals surface area contributed by atoms with Gasteiger partial charge in [-0.25, -0.2) is 4.79 Å². The van der Waals surface area contributed by atoms with Crippen molar-refractivity contribution < 1.29 is 24.2 Å². The van der Waals surface area contributed by atoms with Crippen LogP contribution in [-0.2, 0) is 11.3 Å². The van der Waals surface area contributed by atoms with Gasteiger partial charge in [0.15, 0.2) is 0 Å². The number of carboxylic acids is 1. The number of ether oxygens (including phenoxy) is 2. The van der Waals surface area contributed by atoms with Crippen molar-refractivity contribution in [2.75, 3.05) is 20.8 Å². The summed E-state index contributed by atoms with van der Waals surface area (Å²) in [7, 11) is 3.38. The maximum absolute atomic E-state index is 12.9. The number of unbranched alkanes of at least 4 members (excludes halogenated alkanes) is 1. The van der Waals surface area contributed by atoms with Gasteiger partial charge >= 0.3 is 5.97 Å². The maximum atomic E-state index is 12.9. The molecule has 3 aromatic rings. The lowest BCUT2D eigenvalue weighted by Crippen LogP contribution is -2.26. The van der Waals surface area contributed by atoms with Crippen LogP contribution in [0.1, 0.15) is 48.2 Å². The number of rotatable bonds is 11. The summed E-state index contributed by atoms with van der Waals surface area (Å²) in [6.07, 6.45) is 3.57. The Kier molecular flexibility index (Phi) is 9.28. The van der Waals surface area contributed by atoms with Crippen LogP contribution >= 0.6 is 0 Å². The second-order valence-corrected chi connectivity index (χ2v) is 8.68. The van der Waals surface area contributed by atoms with Crippen molar-refractivity contribution in [3.63, 3.8) is 0 Å². The number of carboxylic acid groups (broad SMARTS) is 1. The zero-order valence-corrected chi connectivity index (χ0v) is 21.3. The van der Waals surface area contributed by atoms with Crippen LogP contribution in [0.4, 0.5) is 0 Å². The molecule has 0 aliphatic carbocycles. The van der Waals surface area contributed by atoms with E-state index in [1.807, 2.05) is 36.4 Å². The highest BCUT2D eigenvalue weighted by molar-refractivity contribution is 5.94. The SMILES string of the molecule is CCCCOc1cc(/C=C(\C)C(=O)O)ccc1-c1cccc(CN(C)C(=O)c2ccc(OC)cc2)c1. The molecule has 0 fully saturated rings. The van der Waals surface area contributed by atoms with Crippen LogP contribution in [0.25, 0.3) is 17.2 Å². The van der Waals surface area contributed by atoms with E-state index in [0.29, 0.717) is 30.2 Å². The van der Waals surface area contributed by atoms with E-state index >= 15 is 0 Å². The predicted octanol–water partition coefficient (Wildman–Crippen LogP) is 6.30.